The molecule has 1 aromatic rings. The van der Waals surface area contributed by atoms with E-state index in [9.17, 15) is 9.90 Å². The molecular weight excluding hydrogens is 210 g/mol. The third kappa shape index (κ3) is 3.94. The van der Waals surface area contributed by atoms with Crippen LogP contribution >= 0.6 is 0 Å². The Hall–Kier alpha value is -1.49. The van der Waals surface area contributed by atoms with Crippen LogP contribution in [0.1, 0.15) is 18.6 Å². The summed E-state index contributed by atoms with van der Waals surface area (Å²) in [7, 11) is 1.79. The van der Waals surface area contributed by atoms with Gasteiger partial charge in [-0.2, -0.15) is 0 Å². The molecule has 0 aliphatic heterocycles. The zero-order valence-electron chi connectivity index (χ0n) is 9.51. The van der Waals surface area contributed by atoms with Crippen LogP contribution in [0.15, 0.2) is 16.5 Å². The molecule has 2 N–H and O–H groups in total. The van der Waals surface area contributed by atoms with Crippen LogP contribution in [-0.2, 0) is 4.79 Å². The number of carbonyl (C=O) groups is 1. The summed E-state index contributed by atoms with van der Waals surface area (Å²) >= 11 is 0. The number of aliphatic hydroxyl groups is 1. The highest BCUT2D eigenvalue weighted by Crippen LogP contribution is 2.16. The van der Waals surface area contributed by atoms with Crippen LogP contribution in [0.3, 0.4) is 0 Å². The molecule has 0 aliphatic carbocycles. The summed E-state index contributed by atoms with van der Waals surface area (Å²) < 4.78 is 5.37. The van der Waals surface area contributed by atoms with Gasteiger partial charge >= 0.3 is 5.97 Å². The molecule has 1 aromatic heterocycles. The number of anilines is 1. The Kier molecular flexibility index (Phi) is 4.37. The fourth-order valence-electron chi connectivity index (χ4n) is 1.41. The molecule has 0 radical (unpaired) electrons. The molecule has 0 saturated carbocycles. The lowest BCUT2D eigenvalue weighted by Crippen LogP contribution is -2.29. The molecule has 90 valence electrons. The molecular formula is C11H17NO4. The predicted octanol–water partition coefficient (Wildman–Crippen LogP) is 1.25. The Bertz CT molecular complexity index is 348. The second kappa shape index (κ2) is 5.55. The minimum absolute atomic E-state index is 0.0216. The van der Waals surface area contributed by atoms with E-state index in [1.165, 1.54) is 0 Å². The molecule has 0 bridgehead atoms. The first-order chi connectivity index (χ1) is 7.49. The molecule has 0 aliphatic rings. The SMILES string of the molecule is Cc1ccc(N(C)CC(O)CCC(=O)O)o1. The molecule has 16 heavy (non-hydrogen) atoms. The lowest BCUT2D eigenvalue weighted by atomic mass is 10.2. The van der Waals surface area contributed by atoms with Gasteiger partial charge in [0.25, 0.3) is 0 Å². The van der Waals surface area contributed by atoms with Gasteiger partial charge in [-0.1, -0.05) is 0 Å². The van der Waals surface area contributed by atoms with Crippen molar-refractivity contribution in [1.82, 2.24) is 0 Å². The van der Waals surface area contributed by atoms with E-state index in [0.717, 1.165) is 5.76 Å². The summed E-state index contributed by atoms with van der Waals surface area (Å²) in [5.74, 6) is 0.587. The molecule has 1 unspecified atom stereocenters. The number of carboxylic acid groups (broad SMARTS) is 1. The van der Waals surface area contributed by atoms with Crippen LogP contribution in [0.5, 0.6) is 0 Å². The highest BCUT2D eigenvalue weighted by molar-refractivity contribution is 5.66. The van der Waals surface area contributed by atoms with E-state index in [1.807, 2.05) is 19.1 Å². The van der Waals surface area contributed by atoms with Crippen molar-refractivity contribution in [2.75, 3.05) is 18.5 Å². The lowest BCUT2D eigenvalue weighted by molar-refractivity contribution is -0.137. The highest BCUT2D eigenvalue weighted by atomic mass is 16.4. The van der Waals surface area contributed by atoms with Crippen molar-refractivity contribution in [3.63, 3.8) is 0 Å². The van der Waals surface area contributed by atoms with Gasteiger partial charge in [0.05, 0.1) is 6.10 Å². The first-order valence-electron chi connectivity index (χ1n) is 5.16. The molecule has 5 nitrogen and oxygen atoms in total. The van der Waals surface area contributed by atoms with Crippen LogP contribution < -0.4 is 4.90 Å². The summed E-state index contributed by atoms with van der Waals surface area (Å²) in [6, 6.07) is 3.66. The Morgan fingerprint density at radius 1 is 1.56 bits per heavy atom. The highest BCUT2D eigenvalue weighted by Gasteiger charge is 2.12. The topological polar surface area (TPSA) is 73.9 Å². The van der Waals surface area contributed by atoms with Crippen molar-refractivity contribution in [3.8, 4) is 0 Å². The van der Waals surface area contributed by atoms with E-state index in [0.29, 0.717) is 12.4 Å². The Labute approximate surface area is 94.3 Å². The smallest absolute Gasteiger partial charge is 0.303 e. The maximum Gasteiger partial charge on any atom is 0.303 e. The Morgan fingerprint density at radius 2 is 2.25 bits per heavy atom. The third-order valence-corrected chi connectivity index (χ3v) is 2.28. The van der Waals surface area contributed by atoms with Gasteiger partial charge in [-0.05, 0) is 19.4 Å². The van der Waals surface area contributed by atoms with Gasteiger partial charge < -0.3 is 19.5 Å². The third-order valence-electron chi connectivity index (χ3n) is 2.28. The number of aliphatic hydroxyl groups excluding tert-OH is 1. The minimum atomic E-state index is -0.893. The number of hydrogen-bond donors (Lipinski definition) is 2. The number of carboxylic acids is 1. The molecule has 0 saturated heterocycles. The molecule has 1 rings (SSSR count). The van der Waals surface area contributed by atoms with Crippen LogP contribution in [0, 0.1) is 6.92 Å². The van der Waals surface area contributed by atoms with Crippen LogP contribution in [0.2, 0.25) is 0 Å². The second-order valence-corrected chi connectivity index (χ2v) is 3.85. The van der Waals surface area contributed by atoms with Crippen molar-refractivity contribution in [1.29, 1.82) is 0 Å². The van der Waals surface area contributed by atoms with E-state index in [1.54, 1.807) is 11.9 Å². The van der Waals surface area contributed by atoms with Gasteiger partial charge in [-0.3, -0.25) is 4.79 Å². The molecule has 0 amide bonds. The summed E-state index contributed by atoms with van der Waals surface area (Å²) in [6.45, 7) is 2.21. The summed E-state index contributed by atoms with van der Waals surface area (Å²) in [5, 5.41) is 18.1. The van der Waals surface area contributed by atoms with Crippen molar-refractivity contribution in [3.05, 3.63) is 17.9 Å². The lowest BCUT2D eigenvalue weighted by Gasteiger charge is -2.19. The zero-order chi connectivity index (χ0) is 12.1. The van der Waals surface area contributed by atoms with Crippen LogP contribution in [-0.4, -0.2) is 35.9 Å². The number of likely N-dealkylation sites (N-methyl/N-ethyl adjacent to an activating group) is 1. The number of rotatable bonds is 6. The average molecular weight is 227 g/mol. The summed E-state index contributed by atoms with van der Waals surface area (Å²) in [4.78, 5) is 12.1. The normalized spacial score (nSPS) is 12.4. The molecule has 0 spiro atoms. The Morgan fingerprint density at radius 3 is 2.75 bits per heavy atom. The van der Waals surface area contributed by atoms with Gasteiger partial charge in [0.15, 0.2) is 5.88 Å². The number of furan rings is 1. The standard InChI is InChI=1S/C11H17NO4/c1-8-3-5-10(16-8)12(2)7-9(13)4-6-11(14)15/h3,5,9,13H,4,6-7H2,1-2H3,(H,14,15). The molecule has 5 heteroatoms. The molecule has 0 aromatic carbocycles. The first-order valence-corrected chi connectivity index (χ1v) is 5.16. The van der Waals surface area contributed by atoms with Gasteiger partial charge in [0.1, 0.15) is 5.76 Å². The van der Waals surface area contributed by atoms with Gasteiger partial charge in [-0.25, -0.2) is 0 Å². The molecule has 1 heterocycles. The number of aliphatic carboxylic acids is 1. The van der Waals surface area contributed by atoms with E-state index in [2.05, 4.69) is 0 Å². The van der Waals surface area contributed by atoms with Crippen molar-refractivity contribution >= 4 is 11.9 Å². The van der Waals surface area contributed by atoms with E-state index < -0.39 is 12.1 Å². The van der Waals surface area contributed by atoms with Crippen molar-refractivity contribution < 1.29 is 19.4 Å². The van der Waals surface area contributed by atoms with Crippen molar-refractivity contribution in [2.24, 2.45) is 0 Å². The molecule has 0 fully saturated rings. The first kappa shape index (κ1) is 12.6. The fraction of sp³-hybridized carbons (Fsp3) is 0.545. The number of aryl methyl sites for hydroxylation is 1. The zero-order valence-corrected chi connectivity index (χ0v) is 9.51. The van der Waals surface area contributed by atoms with Crippen LogP contribution in [0.4, 0.5) is 5.88 Å². The van der Waals surface area contributed by atoms with Gasteiger partial charge in [0.2, 0.25) is 0 Å². The Balaban J connectivity index is 2.39. The van der Waals surface area contributed by atoms with E-state index >= 15 is 0 Å². The van der Waals surface area contributed by atoms with Crippen molar-refractivity contribution in [2.45, 2.75) is 25.9 Å². The largest absolute Gasteiger partial charge is 0.481 e. The van der Waals surface area contributed by atoms with E-state index in [-0.39, 0.29) is 12.8 Å². The quantitative estimate of drug-likeness (QED) is 0.765. The molecule has 1 atom stereocenters. The summed E-state index contributed by atoms with van der Waals surface area (Å²) in [6.07, 6.45) is -0.433. The maximum atomic E-state index is 10.3. The van der Waals surface area contributed by atoms with E-state index in [4.69, 9.17) is 9.52 Å². The second-order valence-electron chi connectivity index (χ2n) is 3.85. The fourth-order valence-corrected chi connectivity index (χ4v) is 1.41. The average Bonchev–Trinajstić information content (AvgIpc) is 2.62. The van der Waals surface area contributed by atoms with Crippen LogP contribution in [0.25, 0.3) is 0 Å². The summed E-state index contributed by atoms with van der Waals surface area (Å²) in [5.41, 5.74) is 0. The number of nitrogens with zero attached hydrogens (tertiary/aromatic N) is 1. The number of hydrogen-bond acceptors (Lipinski definition) is 4. The van der Waals surface area contributed by atoms with Gasteiger partial charge in [-0.15, -0.1) is 0 Å². The minimum Gasteiger partial charge on any atom is -0.481 e. The monoisotopic (exact) mass is 227 g/mol. The predicted molar refractivity (Wildman–Crippen MR) is 59.6 cm³/mol. The maximum absolute atomic E-state index is 10.3. The van der Waals surface area contributed by atoms with Gasteiger partial charge in [0, 0.05) is 26.1 Å².